The van der Waals surface area contributed by atoms with Gasteiger partial charge in [-0.2, -0.15) is 0 Å². The van der Waals surface area contributed by atoms with Gasteiger partial charge in [-0.25, -0.2) is 9.97 Å². The second-order valence-corrected chi connectivity index (χ2v) is 5.69. The van der Waals surface area contributed by atoms with Gasteiger partial charge in [0.25, 0.3) is 0 Å². The Balaban J connectivity index is 0.000000956. The van der Waals surface area contributed by atoms with Crippen LogP contribution in [0.2, 0.25) is 0 Å². The molecule has 0 saturated carbocycles. The summed E-state index contributed by atoms with van der Waals surface area (Å²) in [6.07, 6.45) is 7.54. The van der Waals surface area contributed by atoms with Crippen LogP contribution in [0.5, 0.6) is 0 Å². The molecule has 0 bridgehead atoms. The minimum absolute atomic E-state index is 0.805. The smallest absolute Gasteiger partial charge is 0.225 e. The standard InChI is InChI=1S/C15H25N3.C2H6/c1-4-14(12(2)3)13-6-10-18(11-7-13)15-16-8-5-9-17-15;1-2/h5,8-9,12-14H,4,6-7,10-11H2,1-3H3;1-2H3. The van der Waals surface area contributed by atoms with Gasteiger partial charge in [-0.05, 0) is 36.7 Å². The molecule has 2 heterocycles. The maximum atomic E-state index is 4.34. The van der Waals surface area contributed by atoms with Crippen LogP contribution in [0.1, 0.15) is 53.9 Å². The van der Waals surface area contributed by atoms with Crippen LogP contribution >= 0.6 is 0 Å². The molecule has 1 aliphatic heterocycles. The van der Waals surface area contributed by atoms with Gasteiger partial charge in [0, 0.05) is 25.5 Å². The number of hydrogen-bond acceptors (Lipinski definition) is 3. The van der Waals surface area contributed by atoms with Gasteiger partial charge in [0.1, 0.15) is 0 Å². The molecule has 1 unspecified atom stereocenters. The predicted octanol–water partition coefficient (Wildman–Crippen LogP) is 4.40. The van der Waals surface area contributed by atoms with Gasteiger partial charge < -0.3 is 4.90 Å². The zero-order valence-corrected chi connectivity index (χ0v) is 13.8. The first kappa shape index (κ1) is 16.9. The first-order valence-corrected chi connectivity index (χ1v) is 8.24. The molecule has 2 rings (SSSR count). The largest absolute Gasteiger partial charge is 0.341 e. The molecule has 3 nitrogen and oxygen atoms in total. The van der Waals surface area contributed by atoms with Crippen LogP contribution in [0.3, 0.4) is 0 Å². The molecule has 1 aromatic rings. The van der Waals surface area contributed by atoms with Crippen molar-refractivity contribution in [2.24, 2.45) is 17.8 Å². The van der Waals surface area contributed by atoms with Crippen LogP contribution in [-0.4, -0.2) is 23.1 Å². The van der Waals surface area contributed by atoms with Gasteiger partial charge in [-0.1, -0.05) is 41.0 Å². The quantitative estimate of drug-likeness (QED) is 0.816. The molecule has 1 aliphatic rings. The Bertz CT molecular complexity index is 343. The van der Waals surface area contributed by atoms with E-state index in [2.05, 4.69) is 35.6 Å². The molecule has 0 amide bonds. The number of piperidine rings is 1. The third-order valence-electron chi connectivity index (χ3n) is 4.31. The van der Waals surface area contributed by atoms with Crippen LogP contribution in [0, 0.1) is 17.8 Å². The van der Waals surface area contributed by atoms with Gasteiger partial charge in [-0.15, -0.1) is 0 Å². The van der Waals surface area contributed by atoms with Crippen LogP contribution < -0.4 is 4.90 Å². The minimum Gasteiger partial charge on any atom is -0.341 e. The lowest BCUT2D eigenvalue weighted by Crippen LogP contribution is -2.38. The Morgan fingerprint density at radius 3 is 2.15 bits per heavy atom. The van der Waals surface area contributed by atoms with Crippen molar-refractivity contribution in [3.63, 3.8) is 0 Å². The lowest BCUT2D eigenvalue weighted by molar-refractivity contribution is 0.207. The van der Waals surface area contributed by atoms with E-state index in [1.54, 1.807) is 0 Å². The summed E-state index contributed by atoms with van der Waals surface area (Å²) in [7, 11) is 0. The molecule has 1 saturated heterocycles. The summed E-state index contributed by atoms with van der Waals surface area (Å²) < 4.78 is 0. The van der Waals surface area contributed by atoms with Gasteiger partial charge in [0.15, 0.2) is 0 Å². The van der Waals surface area contributed by atoms with Crippen molar-refractivity contribution in [3.8, 4) is 0 Å². The summed E-state index contributed by atoms with van der Waals surface area (Å²) in [4.78, 5) is 11.0. The first-order chi connectivity index (χ1) is 9.72. The maximum Gasteiger partial charge on any atom is 0.225 e. The average Bonchev–Trinajstić information content (AvgIpc) is 2.51. The normalized spacial score (nSPS) is 17.6. The Labute approximate surface area is 124 Å². The Morgan fingerprint density at radius 2 is 1.70 bits per heavy atom. The summed E-state index contributed by atoms with van der Waals surface area (Å²) in [5.74, 6) is 3.46. The van der Waals surface area contributed by atoms with Crippen LogP contribution in [0.4, 0.5) is 5.95 Å². The van der Waals surface area contributed by atoms with Crippen molar-refractivity contribution in [1.82, 2.24) is 9.97 Å². The van der Waals surface area contributed by atoms with E-state index in [4.69, 9.17) is 0 Å². The van der Waals surface area contributed by atoms with E-state index in [9.17, 15) is 0 Å². The molecular weight excluding hydrogens is 246 g/mol. The van der Waals surface area contributed by atoms with E-state index in [1.807, 2.05) is 32.3 Å². The molecule has 0 spiro atoms. The van der Waals surface area contributed by atoms with Crippen LogP contribution in [-0.2, 0) is 0 Å². The molecular formula is C17H31N3. The highest BCUT2D eigenvalue weighted by Gasteiger charge is 2.27. The molecule has 0 aliphatic carbocycles. The first-order valence-electron chi connectivity index (χ1n) is 8.24. The SMILES string of the molecule is CC.CCC(C(C)C)C1CCN(c2ncccn2)CC1. The highest BCUT2D eigenvalue weighted by atomic mass is 15.2. The highest BCUT2D eigenvalue weighted by Crippen LogP contribution is 2.32. The van der Waals surface area contributed by atoms with E-state index in [-0.39, 0.29) is 0 Å². The minimum atomic E-state index is 0.805. The third kappa shape index (κ3) is 4.46. The second-order valence-electron chi connectivity index (χ2n) is 5.69. The van der Waals surface area contributed by atoms with E-state index < -0.39 is 0 Å². The van der Waals surface area contributed by atoms with Crippen molar-refractivity contribution in [2.45, 2.75) is 53.9 Å². The van der Waals surface area contributed by atoms with Gasteiger partial charge >= 0.3 is 0 Å². The van der Waals surface area contributed by atoms with E-state index in [1.165, 1.54) is 19.3 Å². The fraction of sp³-hybridized carbons (Fsp3) is 0.765. The molecule has 3 heteroatoms. The number of hydrogen-bond donors (Lipinski definition) is 0. The molecule has 1 atom stereocenters. The van der Waals surface area contributed by atoms with Gasteiger partial charge in [0.2, 0.25) is 5.95 Å². The Kier molecular flexibility index (Phi) is 7.56. The molecule has 20 heavy (non-hydrogen) atoms. The second kappa shape index (κ2) is 8.93. The maximum absolute atomic E-state index is 4.34. The number of anilines is 1. The van der Waals surface area contributed by atoms with Crippen molar-refractivity contribution in [2.75, 3.05) is 18.0 Å². The van der Waals surface area contributed by atoms with E-state index in [0.717, 1.165) is 36.8 Å². The number of rotatable bonds is 4. The van der Waals surface area contributed by atoms with Crippen LogP contribution in [0.25, 0.3) is 0 Å². The van der Waals surface area contributed by atoms with Gasteiger partial charge in [-0.3, -0.25) is 0 Å². The Hall–Kier alpha value is -1.12. The lowest BCUT2D eigenvalue weighted by atomic mass is 9.76. The third-order valence-corrected chi connectivity index (χ3v) is 4.31. The van der Waals surface area contributed by atoms with Crippen molar-refractivity contribution in [1.29, 1.82) is 0 Å². The molecule has 1 aromatic heterocycles. The summed E-state index contributed by atoms with van der Waals surface area (Å²) >= 11 is 0. The molecule has 114 valence electrons. The number of aromatic nitrogens is 2. The van der Waals surface area contributed by atoms with Crippen molar-refractivity contribution >= 4 is 5.95 Å². The summed E-state index contributed by atoms with van der Waals surface area (Å²) in [6, 6.07) is 1.88. The lowest BCUT2D eigenvalue weighted by Gasteiger charge is -2.37. The summed E-state index contributed by atoms with van der Waals surface area (Å²) in [6.45, 7) is 13.3. The van der Waals surface area contributed by atoms with E-state index in [0.29, 0.717) is 0 Å². The highest BCUT2D eigenvalue weighted by molar-refractivity contribution is 5.28. The van der Waals surface area contributed by atoms with Crippen LogP contribution in [0.15, 0.2) is 18.5 Å². The molecule has 0 N–H and O–H groups in total. The average molecular weight is 277 g/mol. The molecule has 0 radical (unpaired) electrons. The fourth-order valence-electron chi connectivity index (χ4n) is 3.33. The zero-order valence-electron chi connectivity index (χ0n) is 13.8. The topological polar surface area (TPSA) is 29.0 Å². The fourth-order valence-corrected chi connectivity index (χ4v) is 3.33. The summed E-state index contributed by atoms with van der Waals surface area (Å²) in [5.41, 5.74) is 0. The molecule has 0 aromatic carbocycles. The predicted molar refractivity (Wildman–Crippen MR) is 86.9 cm³/mol. The van der Waals surface area contributed by atoms with Crippen molar-refractivity contribution in [3.05, 3.63) is 18.5 Å². The summed E-state index contributed by atoms with van der Waals surface area (Å²) in [5, 5.41) is 0. The Morgan fingerprint density at radius 1 is 1.15 bits per heavy atom. The van der Waals surface area contributed by atoms with E-state index >= 15 is 0 Å². The zero-order chi connectivity index (χ0) is 15.0. The van der Waals surface area contributed by atoms with Gasteiger partial charge in [0.05, 0.1) is 0 Å². The number of nitrogens with zero attached hydrogens (tertiary/aromatic N) is 3. The van der Waals surface area contributed by atoms with Crippen molar-refractivity contribution < 1.29 is 0 Å². The monoisotopic (exact) mass is 277 g/mol. The molecule has 1 fully saturated rings.